The molecule has 0 bridgehead atoms. The maximum absolute atomic E-state index is 12.4. The highest BCUT2D eigenvalue weighted by Crippen LogP contribution is 2.22. The predicted octanol–water partition coefficient (Wildman–Crippen LogP) is -6.34. The van der Waals surface area contributed by atoms with Gasteiger partial charge in [0, 0.05) is 18.5 Å². The lowest BCUT2D eigenvalue weighted by molar-refractivity contribution is -1.02. The van der Waals surface area contributed by atoms with Crippen LogP contribution in [0, 0.1) is 0 Å². The molecule has 29 heavy (non-hydrogen) atoms. The van der Waals surface area contributed by atoms with Gasteiger partial charge in [-0.3, -0.25) is 14.5 Å². The van der Waals surface area contributed by atoms with Gasteiger partial charge in [-0.1, -0.05) is 42.5 Å². The predicted molar refractivity (Wildman–Crippen MR) is 103 cm³/mol. The summed E-state index contributed by atoms with van der Waals surface area (Å²) in [5.41, 5.74) is 2.50. The van der Waals surface area contributed by atoms with Gasteiger partial charge in [0.1, 0.15) is 32.7 Å². The van der Waals surface area contributed by atoms with E-state index in [0.29, 0.717) is 17.7 Å². The summed E-state index contributed by atoms with van der Waals surface area (Å²) in [6, 6.07) is 17.8. The molecule has 7 heteroatoms. The summed E-state index contributed by atoms with van der Waals surface area (Å²) in [7, 11) is 0. The number of piperazine rings is 1. The number of quaternary nitrogens is 2. The summed E-state index contributed by atoms with van der Waals surface area (Å²) >= 11 is 0. The van der Waals surface area contributed by atoms with E-state index in [9.17, 15) is 9.59 Å². The van der Waals surface area contributed by atoms with E-state index < -0.39 is 0 Å². The first-order valence-electron chi connectivity index (χ1n) is 9.88. The van der Waals surface area contributed by atoms with Gasteiger partial charge in [-0.05, 0) is 12.1 Å². The molecule has 0 aliphatic carbocycles. The summed E-state index contributed by atoms with van der Waals surface area (Å²) in [6.07, 6.45) is 0.870. The van der Waals surface area contributed by atoms with Crippen LogP contribution in [0.2, 0.25) is 0 Å². The second-order valence-corrected chi connectivity index (χ2v) is 7.57. The number of amides is 2. The van der Waals surface area contributed by atoms with Crippen LogP contribution in [0.3, 0.4) is 0 Å². The summed E-state index contributed by atoms with van der Waals surface area (Å²) in [5, 5.41) is 0. The highest BCUT2D eigenvalue weighted by Gasteiger charge is 2.34. The number of nitrogens with zero attached hydrogens (tertiary/aromatic N) is 1. The van der Waals surface area contributed by atoms with Crippen LogP contribution in [-0.2, 0) is 6.54 Å². The Balaban J connectivity index is 0.00000150. The van der Waals surface area contributed by atoms with Crippen molar-refractivity contribution in [2.24, 2.45) is 0 Å². The molecule has 2 aliphatic rings. The van der Waals surface area contributed by atoms with Crippen LogP contribution < -0.4 is 34.6 Å². The number of imide groups is 1. The van der Waals surface area contributed by atoms with Crippen molar-refractivity contribution in [3.63, 3.8) is 0 Å². The lowest BCUT2D eigenvalue weighted by Crippen LogP contribution is -3.27. The van der Waals surface area contributed by atoms with Gasteiger partial charge in [0.05, 0.1) is 17.7 Å². The largest absolute Gasteiger partial charge is 1.00 e. The average molecular weight is 436 g/mol. The molecule has 1 saturated heterocycles. The molecular weight excluding hydrogens is 409 g/mol. The molecule has 1 fully saturated rings. The number of hydrogen-bond acceptors (Lipinski definition) is 2. The molecule has 0 spiro atoms. The van der Waals surface area contributed by atoms with E-state index in [2.05, 4.69) is 30.3 Å². The fraction of sp³-hybridized carbons (Fsp3) is 0.364. The highest BCUT2D eigenvalue weighted by molar-refractivity contribution is 6.21. The van der Waals surface area contributed by atoms with Crippen molar-refractivity contribution < 1.29 is 44.2 Å². The first-order chi connectivity index (χ1) is 13.2. The van der Waals surface area contributed by atoms with Crippen LogP contribution in [0.4, 0.5) is 0 Å². The van der Waals surface area contributed by atoms with Crippen molar-refractivity contribution >= 4 is 11.8 Å². The molecule has 0 saturated carbocycles. The van der Waals surface area contributed by atoms with Crippen molar-refractivity contribution in [2.75, 3.05) is 39.3 Å². The number of rotatable bonds is 6. The van der Waals surface area contributed by atoms with Crippen LogP contribution in [-0.4, -0.2) is 56.0 Å². The lowest BCUT2D eigenvalue weighted by Gasteiger charge is -2.30. The minimum Gasteiger partial charge on any atom is -1.00 e. The molecule has 2 N–H and O–H groups in total. The molecule has 2 aromatic rings. The maximum atomic E-state index is 12.4. The van der Waals surface area contributed by atoms with E-state index in [4.69, 9.17) is 0 Å². The zero-order valence-corrected chi connectivity index (χ0v) is 17.9. The lowest BCUT2D eigenvalue weighted by atomic mass is 10.1. The molecule has 0 radical (unpaired) electrons. The van der Waals surface area contributed by atoms with Gasteiger partial charge in [0.2, 0.25) is 0 Å². The fourth-order valence-electron chi connectivity index (χ4n) is 4.20. The van der Waals surface area contributed by atoms with Gasteiger partial charge >= 0.3 is 0 Å². The van der Waals surface area contributed by atoms with E-state index in [1.54, 1.807) is 21.9 Å². The number of nitrogens with one attached hydrogen (secondary N) is 2. The molecule has 0 aromatic heterocycles. The van der Waals surface area contributed by atoms with Crippen molar-refractivity contribution in [3.05, 3.63) is 71.3 Å². The molecule has 4 rings (SSSR count). The molecule has 2 aromatic carbocycles. The summed E-state index contributed by atoms with van der Waals surface area (Å²) < 4.78 is 0. The minimum atomic E-state index is -0.136. The van der Waals surface area contributed by atoms with E-state index >= 15 is 0 Å². The molecule has 2 amide bonds. The Kier molecular flexibility index (Phi) is 8.65. The first kappa shape index (κ1) is 23.4. The van der Waals surface area contributed by atoms with Gasteiger partial charge in [-0.2, -0.15) is 0 Å². The molecular formula is C22H27Cl2N3O2. The summed E-state index contributed by atoms with van der Waals surface area (Å²) in [6.45, 7) is 7.31. The molecule has 2 heterocycles. The van der Waals surface area contributed by atoms with Crippen LogP contribution >= 0.6 is 0 Å². The van der Waals surface area contributed by atoms with E-state index in [1.807, 2.05) is 12.1 Å². The Hall–Kier alpha value is -1.92. The van der Waals surface area contributed by atoms with Crippen molar-refractivity contribution in [1.82, 2.24) is 4.90 Å². The second-order valence-electron chi connectivity index (χ2n) is 7.57. The van der Waals surface area contributed by atoms with E-state index in [-0.39, 0.29) is 36.6 Å². The van der Waals surface area contributed by atoms with Gasteiger partial charge in [-0.25, -0.2) is 0 Å². The summed E-state index contributed by atoms with van der Waals surface area (Å²) in [5.74, 6) is -0.273. The minimum absolute atomic E-state index is 0. The van der Waals surface area contributed by atoms with E-state index in [0.717, 1.165) is 32.6 Å². The third-order valence-corrected chi connectivity index (χ3v) is 5.75. The second kappa shape index (κ2) is 10.7. The number of hydrogen-bond donors (Lipinski definition) is 2. The van der Waals surface area contributed by atoms with Crippen LogP contribution in [0.1, 0.15) is 32.7 Å². The standard InChI is InChI=1S/C22H25N3O2.2ClH/c26-21-19-9-4-5-10-20(19)22(27)25(21)12-6-11-23-13-15-24(16-14-23)17-18-7-2-1-3-8-18;;/h1-5,7-10H,6,11-17H2;2*1H. The number of fused-ring (bicyclic) bond motifs is 1. The van der Waals surface area contributed by atoms with Gasteiger partial charge in [-0.15, -0.1) is 0 Å². The molecule has 2 aliphatic heterocycles. The zero-order valence-electron chi connectivity index (χ0n) is 16.4. The third-order valence-electron chi connectivity index (χ3n) is 5.75. The maximum Gasteiger partial charge on any atom is 0.261 e. The Morgan fingerprint density at radius 1 is 0.724 bits per heavy atom. The quantitative estimate of drug-likeness (QED) is 0.443. The highest BCUT2D eigenvalue weighted by atomic mass is 35.5. The van der Waals surface area contributed by atoms with Crippen molar-refractivity contribution in [2.45, 2.75) is 13.0 Å². The van der Waals surface area contributed by atoms with Gasteiger partial charge in [0.15, 0.2) is 0 Å². The van der Waals surface area contributed by atoms with Gasteiger partial charge in [0.25, 0.3) is 11.8 Å². The molecule has 5 nitrogen and oxygen atoms in total. The monoisotopic (exact) mass is 435 g/mol. The summed E-state index contributed by atoms with van der Waals surface area (Å²) in [4.78, 5) is 29.4. The number of benzene rings is 2. The number of carbonyl (C=O) groups is 2. The average Bonchev–Trinajstić information content (AvgIpc) is 2.95. The Bertz CT molecular complexity index is 789. The van der Waals surface area contributed by atoms with Crippen molar-refractivity contribution in [1.29, 1.82) is 0 Å². The normalized spacial score (nSPS) is 20.6. The Labute approximate surface area is 184 Å². The zero-order chi connectivity index (χ0) is 18.6. The van der Waals surface area contributed by atoms with Crippen molar-refractivity contribution in [3.8, 4) is 0 Å². The first-order valence-corrected chi connectivity index (χ1v) is 9.88. The van der Waals surface area contributed by atoms with E-state index in [1.165, 1.54) is 23.6 Å². The topological polar surface area (TPSA) is 46.3 Å². The fourth-order valence-corrected chi connectivity index (χ4v) is 4.20. The molecule has 156 valence electrons. The molecule has 0 atom stereocenters. The van der Waals surface area contributed by atoms with Crippen LogP contribution in [0.25, 0.3) is 0 Å². The molecule has 0 unspecified atom stereocenters. The van der Waals surface area contributed by atoms with Crippen LogP contribution in [0.15, 0.2) is 54.6 Å². The smallest absolute Gasteiger partial charge is 0.261 e. The SMILES string of the molecule is O=C1c2ccccc2C(=O)N1CCC[NH+]1CC[NH+](Cc2ccccc2)CC1.[Cl-].[Cl-]. The van der Waals surface area contributed by atoms with Crippen LogP contribution in [0.5, 0.6) is 0 Å². The Morgan fingerprint density at radius 2 is 1.24 bits per heavy atom. The van der Waals surface area contributed by atoms with Gasteiger partial charge < -0.3 is 34.6 Å². The Morgan fingerprint density at radius 3 is 1.83 bits per heavy atom. The number of halogens is 2. The number of carbonyl (C=O) groups excluding carboxylic acids is 2. The third kappa shape index (κ3) is 5.37.